The molecule has 0 amide bonds. The van der Waals surface area contributed by atoms with Crippen LogP contribution in [-0.2, 0) is 12.8 Å². The van der Waals surface area contributed by atoms with E-state index in [1.165, 1.54) is 99.7 Å². The predicted octanol–water partition coefficient (Wildman–Crippen LogP) is 17.0. The van der Waals surface area contributed by atoms with E-state index in [1.54, 1.807) is 0 Å². The standard InChI is InChI=1S/C64H41N3O2/c1-64-36-42-30-44(65-56-14-6-2-10-46(56)50-32-38(18-24-58(50)65)40-20-28-62-52(34-40)48-12-4-8-16-60(48)68-62)22-26-54(42)67(64)55-27-23-45(31-43(55)37-64)66-57-15-7-3-11-47(57)51-33-39(19-25-59(51)66)41-21-29-63-53(35-41)49-13-5-9-17-61(49)69-63/h2-35H,36-37H2,1H3. The molecular formula is C64H41N3O2. The zero-order valence-electron chi connectivity index (χ0n) is 37.7. The van der Waals surface area contributed by atoms with Crippen LogP contribution in [0.4, 0.5) is 11.4 Å². The van der Waals surface area contributed by atoms with Crippen LogP contribution in [0, 0.1) is 0 Å². The van der Waals surface area contributed by atoms with Gasteiger partial charge in [-0.2, -0.15) is 0 Å². The normalized spacial score (nSPS) is 14.1. The summed E-state index contributed by atoms with van der Waals surface area (Å²) in [6.45, 7) is 2.45. The molecule has 2 aliphatic rings. The first kappa shape index (κ1) is 37.3. The molecule has 0 saturated carbocycles. The summed E-state index contributed by atoms with van der Waals surface area (Å²) in [5, 5.41) is 9.61. The summed E-state index contributed by atoms with van der Waals surface area (Å²) in [6, 6.07) is 75.6. The van der Waals surface area contributed by atoms with Gasteiger partial charge in [-0.15, -0.1) is 0 Å². The molecule has 2 aliphatic heterocycles. The van der Waals surface area contributed by atoms with Gasteiger partial charge in [0.05, 0.1) is 27.6 Å². The number of nitrogens with zero attached hydrogens (tertiary/aromatic N) is 3. The molecular weight excluding hydrogens is 843 g/mol. The number of hydrogen-bond acceptors (Lipinski definition) is 3. The number of aromatic nitrogens is 2. The Labute approximate surface area is 396 Å². The zero-order valence-corrected chi connectivity index (χ0v) is 37.7. The number of para-hydroxylation sites is 4. The van der Waals surface area contributed by atoms with Crippen LogP contribution in [0.15, 0.2) is 215 Å². The first-order valence-electron chi connectivity index (χ1n) is 24.0. The molecule has 0 unspecified atom stereocenters. The molecule has 0 bridgehead atoms. The van der Waals surface area contributed by atoms with Crippen molar-refractivity contribution in [2.24, 2.45) is 0 Å². The van der Waals surface area contributed by atoms with E-state index in [-0.39, 0.29) is 5.54 Å². The Hall–Kier alpha value is -8.80. The zero-order chi connectivity index (χ0) is 45.1. The van der Waals surface area contributed by atoms with E-state index in [4.69, 9.17) is 8.83 Å². The third-order valence-electron chi connectivity index (χ3n) is 15.6. The summed E-state index contributed by atoms with van der Waals surface area (Å²) in [4.78, 5) is 2.63. The molecule has 6 heterocycles. The lowest BCUT2D eigenvalue weighted by molar-refractivity contribution is 0.507. The number of fused-ring (bicyclic) bond motifs is 17. The Balaban J connectivity index is 0.757. The Bertz CT molecular complexity index is 4250. The summed E-state index contributed by atoms with van der Waals surface area (Å²) in [6.07, 6.45) is 1.95. The van der Waals surface area contributed by atoms with E-state index < -0.39 is 0 Å². The fraction of sp³-hybridized carbons (Fsp3) is 0.0625. The van der Waals surface area contributed by atoms with Gasteiger partial charge in [-0.3, -0.25) is 0 Å². The summed E-state index contributed by atoms with van der Waals surface area (Å²) in [7, 11) is 0. The second-order valence-corrected chi connectivity index (χ2v) is 19.6. The van der Waals surface area contributed by atoms with Crippen LogP contribution in [0.3, 0.4) is 0 Å². The highest BCUT2D eigenvalue weighted by atomic mass is 16.3. The van der Waals surface area contributed by atoms with E-state index in [1.807, 2.05) is 24.3 Å². The fourth-order valence-corrected chi connectivity index (χ4v) is 12.6. The molecule has 10 aromatic carbocycles. The number of rotatable bonds is 4. The van der Waals surface area contributed by atoms with Crippen LogP contribution < -0.4 is 4.90 Å². The monoisotopic (exact) mass is 883 g/mol. The molecule has 324 valence electrons. The maximum Gasteiger partial charge on any atom is 0.135 e. The SMILES string of the molecule is CC12Cc3cc(-n4c5ccccc5c5cc(-c6ccc7oc8ccccc8c7c6)ccc54)ccc3N1c1ccc(-n3c4ccccc4c4cc(-c5ccc6oc7ccccc7c6c5)ccc43)cc1C2. The smallest absolute Gasteiger partial charge is 0.135 e. The van der Waals surface area contributed by atoms with Crippen LogP contribution in [0.5, 0.6) is 0 Å². The Morgan fingerprint density at radius 2 is 0.710 bits per heavy atom. The Morgan fingerprint density at radius 1 is 0.333 bits per heavy atom. The van der Waals surface area contributed by atoms with Crippen molar-refractivity contribution in [2.75, 3.05) is 4.90 Å². The number of hydrogen-bond donors (Lipinski definition) is 0. The van der Waals surface area contributed by atoms with Gasteiger partial charge in [-0.05, 0) is 162 Å². The lowest BCUT2D eigenvalue weighted by atomic mass is 9.92. The summed E-state index contributed by atoms with van der Waals surface area (Å²) < 4.78 is 17.3. The lowest BCUT2D eigenvalue weighted by Crippen LogP contribution is -2.37. The van der Waals surface area contributed by atoms with Crippen molar-refractivity contribution in [1.29, 1.82) is 0 Å². The number of anilines is 2. The maximum absolute atomic E-state index is 6.17. The van der Waals surface area contributed by atoms with Crippen molar-refractivity contribution in [3.63, 3.8) is 0 Å². The third kappa shape index (κ3) is 5.19. The van der Waals surface area contributed by atoms with Crippen LogP contribution in [0.1, 0.15) is 18.1 Å². The van der Waals surface area contributed by atoms with Crippen molar-refractivity contribution in [2.45, 2.75) is 25.3 Å². The largest absolute Gasteiger partial charge is 0.456 e. The molecule has 16 rings (SSSR count). The van der Waals surface area contributed by atoms with Gasteiger partial charge in [0.25, 0.3) is 0 Å². The van der Waals surface area contributed by atoms with Crippen LogP contribution in [0.2, 0.25) is 0 Å². The summed E-state index contributed by atoms with van der Waals surface area (Å²) in [5.41, 5.74) is 21.0. The number of furan rings is 2. The summed E-state index contributed by atoms with van der Waals surface area (Å²) >= 11 is 0. The second kappa shape index (κ2) is 13.4. The van der Waals surface area contributed by atoms with Gasteiger partial charge >= 0.3 is 0 Å². The topological polar surface area (TPSA) is 39.4 Å². The van der Waals surface area contributed by atoms with E-state index >= 15 is 0 Å². The van der Waals surface area contributed by atoms with E-state index in [0.29, 0.717) is 0 Å². The van der Waals surface area contributed by atoms with Crippen molar-refractivity contribution in [3.05, 3.63) is 217 Å². The van der Waals surface area contributed by atoms with Gasteiger partial charge < -0.3 is 22.9 Å². The van der Waals surface area contributed by atoms with Crippen molar-refractivity contribution in [1.82, 2.24) is 9.13 Å². The maximum atomic E-state index is 6.17. The van der Waals surface area contributed by atoms with Crippen molar-refractivity contribution < 1.29 is 8.83 Å². The van der Waals surface area contributed by atoms with Gasteiger partial charge in [-0.25, -0.2) is 0 Å². The van der Waals surface area contributed by atoms with E-state index in [2.05, 4.69) is 203 Å². The van der Waals surface area contributed by atoms with E-state index in [0.717, 1.165) is 56.7 Å². The van der Waals surface area contributed by atoms with Crippen LogP contribution >= 0.6 is 0 Å². The molecule has 0 aliphatic carbocycles. The minimum absolute atomic E-state index is 0.0593. The molecule has 5 nitrogen and oxygen atoms in total. The Morgan fingerprint density at radius 3 is 1.19 bits per heavy atom. The van der Waals surface area contributed by atoms with Crippen molar-refractivity contribution >= 4 is 98.9 Å². The van der Waals surface area contributed by atoms with Crippen molar-refractivity contribution in [3.8, 4) is 33.6 Å². The van der Waals surface area contributed by atoms with Gasteiger partial charge in [0.15, 0.2) is 0 Å². The molecule has 5 heteroatoms. The number of benzene rings is 10. The highest BCUT2D eigenvalue weighted by molar-refractivity contribution is 6.13. The first-order valence-corrected chi connectivity index (χ1v) is 24.0. The highest BCUT2D eigenvalue weighted by Crippen LogP contribution is 2.53. The van der Waals surface area contributed by atoms with Crippen LogP contribution in [0.25, 0.3) is 121 Å². The third-order valence-corrected chi connectivity index (χ3v) is 15.6. The van der Waals surface area contributed by atoms with Gasteiger partial charge in [0.1, 0.15) is 22.3 Å². The molecule has 0 saturated heterocycles. The Kier molecular flexibility index (Phi) is 7.26. The molecule has 0 fully saturated rings. The van der Waals surface area contributed by atoms with Gasteiger partial charge in [0.2, 0.25) is 0 Å². The van der Waals surface area contributed by atoms with Gasteiger partial charge in [-0.1, -0.05) is 97.1 Å². The molecule has 69 heavy (non-hydrogen) atoms. The molecule has 4 aromatic heterocycles. The molecule has 0 spiro atoms. The minimum atomic E-state index is -0.0593. The average molecular weight is 884 g/mol. The predicted molar refractivity (Wildman–Crippen MR) is 285 cm³/mol. The van der Waals surface area contributed by atoms with Crippen LogP contribution in [-0.4, -0.2) is 14.7 Å². The average Bonchev–Trinajstić information content (AvgIpc) is 4.22. The van der Waals surface area contributed by atoms with E-state index in [9.17, 15) is 0 Å². The summed E-state index contributed by atoms with van der Waals surface area (Å²) in [5.74, 6) is 0. The molecule has 0 radical (unpaired) electrons. The quantitative estimate of drug-likeness (QED) is 0.177. The highest BCUT2D eigenvalue weighted by Gasteiger charge is 2.46. The first-order chi connectivity index (χ1) is 34.0. The second-order valence-electron chi connectivity index (χ2n) is 19.6. The van der Waals surface area contributed by atoms with Gasteiger partial charge in [0, 0.05) is 65.8 Å². The minimum Gasteiger partial charge on any atom is -0.456 e. The fourth-order valence-electron chi connectivity index (χ4n) is 12.6. The molecule has 14 aromatic rings. The molecule has 0 atom stereocenters. The molecule has 0 N–H and O–H groups in total. The lowest BCUT2D eigenvalue weighted by Gasteiger charge is -2.30.